The van der Waals surface area contributed by atoms with E-state index in [1.807, 2.05) is 6.07 Å². The highest BCUT2D eigenvalue weighted by atomic mass is 14.9. The molecule has 0 spiro atoms. The number of hydrogen-bond acceptors (Lipinski definition) is 2. The summed E-state index contributed by atoms with van der Waals surface area (Å²) in [5, 5.41) is 3.59. The molecule has 0 fully saturated rings. The van der Waals surface area contributed by atoms with Gasteiger partial charge in [-0.05, 0) is 18.9 Å². The summed E-state index contributed by atoms with van der Waals surface area (Å²) in [7, 11) is 0. The van der Waals surface area contributed by atoms with Crippen LogP contribution in [0.5, 0.6) is 0 Å². The van der Waals surface area contributed by atoms with Crippen LogP contribution in [0.1, 0.15) is 45.1 Å². The van der Waals surface area contributed by atoms with E-state index in [0.717, 1.165) is 18.8 Å². The van der Waals surface area contributed by atoms with Gasteiger partial charge >= 0.3 is 0 Å². The zero-order chi connectivity index (χ0) is 13.5. The molecule has 0 bridgehead atoms. The molecule has 0 amide bonds. The maximum absolute atomic E-state index is 4.66. The number of allylic oxidation sites excluding steroid dienone is 1. The van der Waals surface area contributed by atoms with E-state index in [1.54, 1.807) is 0 Å². The molecule has 0 aromatic heterocycles. The molecular formula is C17H24N2. The number of nitrogens with one attached hydrogen (secondary N) is 1. The van der Waals surface area contributed by atoms with Crippen molar-refractivity contribution in [3.63, 3.8) is 0 Å². The summed E-state index contributed by atoms with van der Waals surface area (Å²) < 4.78 is 0. The van der Waals surface area contributed by atoms with E-state index in [-0.39, 0.29) is 0 Å². The van der Waals surface area contributed by atoms with Crippen molar-refractivity contribution >= 4 is 5.71 Å². The van der Waals surface area contributed by atoms with Crippen molar-refractivity contribution in [2.24, 2.45) is 4.99 Å². The molecule has 1 aromatic rings. The van der Waals surface area contributed by atoms with Crippen LogP contribution in [0.15, 0.2) is 46.6 Å². The van der Waals surface area contributed by atoms with Crippen LogP contribution in [0.2, 0.25) is 0 Å². The van der Waals surface area contributed by atoms with Gasteiger partial charge in [0.25, 0.3) is 0 Å². The third kappa shape index (κ3) is 3.69. The smallest absolute Gasteiger partial charge is 0.0882 e. The number of nitrogens with zero attached hydrogens (tertiary/aromatic N) is 1. The zero-order valence-corrected chi connectivity index (χ0v) is 12.1. The summed E-state index contributed by atoms with van der Waals surface area (Å²) in [5.41, 5.74) is 4.96. The van der Waals surface area contributed by atoms with Gasteiger partial charge in [0, 0.05) is 12.1 Å². The molecule has 0 aliphatic carbocycles. The molecule has 1 aliphatic heterocycles. The maximum atomic E-state index is 4.66. The molecule has 1 N–H and O–H groups in total. The topological polar surface area (TPSA) is 24.4 Å². The molecule has 0 radical (unpaired) electrons. The van der Waals surface area contributed by atoms with Gasteiger partial charge in [-0.15, -0.1) is 0 Å². The molecule has 2 heteroatoms. The SMILES string of the molecule is CCCCCCNC1=C(C)CN=C1c1ccccc1. The van der Waals surface area contributed by atoms with Gasteiger partial charge in [-0.2, -0.15) is 0 Å². The zero-order valence-electron chi connectivity index (χ0n) is 12.1. The summed E-state index contributed by atoms with van der Waals surface area (Å²) in [5.74, 6) is 0. The first-order valence-electron chi connectivity index (χ1n) is 7.36. The highest BCUT2D eigenvalue weighted by molar-refractivity contribution is 6.14. The quantitative estimate of drug-likeness (QED) is 0.734. The Morgan fingerprint density at radius 2 is 1.89 bits per heavy atom. The Morgan fingerprint density at radius 3 is 2.63 bits per heavy atom. The van der Waals surface area contributed by atoms with Gasteiger partial charge in [-0.25, -0.2) is 0 Å². The summed E-state index contributed by atoms with van der Waals surface area (Å²) in [4.78, 5) is 4.66. The van der Waals surface area contributed by atoms with Gasteiger partial charge in [0.1, 0.15) is 0 Å². The maximum Gasteiger partial charge on any atom is 0.0882 e. The molecule has 102 valence electrons. The summed E-state index contributed by atoms with van der Waals surface area (Å²) in [6.07, 6.45) is 5.18. The van der Waals surface area contributed by atoms with Crippen LogP contribution in [0, 0.1) is 0 Å². The lowest BCUT2D eigenvalue weighted by atomic mass is 10.1. The first-order chi connectivity index (χ1) is 9.33. The average Bonchev–Trinajstić information content (AvgIpc) is 2.81. The largest absolute Gasteiger partial charge is 0.383 e. The number of aliphatic imine (C=N–C) groups is 1. The van der Waals surface area contributed by atoms with E-state index in [4.69, 9.17) is 0 Å². The second-order valence-electron chi connectivity index (χ2n) is 5.17. The van der Waals surface area contributed by atoms with Crippen LogP contribution in [0.25, 0.3) is 0 Å². The molecule has 2 nitrogen and oxygen atoms in total. The molecule has 19 heavy (non-hydrogen) atoms. The third-order valence-electron chi connectivity index (χ3n) is 3.52. The van der Waals surface area contributed by atoms with E-state index >= 15 is 0 Å². The first kappa shape index (κ1) is 13.9. The van der Waals surface area contributed by atoms with Crippen LogP contribution in [-0.2, 0) is 0 Å². The van der Waals surface area contributed by atoms with Crippen molar-refractivity contribution in [3.05, 3.63) is 47.2 Å². The van der Waals surface area contributed by atoms with Crippen LogP contribution in [-0.4, -0.2) is 18.8 Å². The van der Waals surface area contributed by atoms with E-state index in [0.29, 0.717) is 0 Å². The predicted molar refractivity (Wildman–Crippen MR) is 82.7 cm³/mol. The lowest BCUT2D eigenvalue weighted by Gasteiger charge is -2.12. The minimum absolute atomic E-state index is 0.835. The molecule has 1 aromatic carbocycles. The average molecular weight is 256 g/mol. The Bertz CT molecular complexity index is 457. The second-order valence-corrected chi connectivity index (χ2v) is 5.17. The van der Waals surface area contributed by atoms with Crippen molar-refractivity contribution in [1.82, 2.24) is 5.32 Å². The van der Waals surface area contributed by atoms with Crippen LogP contribution in [0.3, 0.4) is 0 Å². The van der Waals surface area contributed by atoms with Crippen molar-refractivity contribution in [2.75, 3.05) is 13.1 Å². The molecule has 1 heterocycles. The Morgan fingerprint density at radius 1 is 1.11 bits per heavy atom. The second kappa shape index (κ2) is 7.13. The normalized spacial score (nSPS) is 14.7. The number of unbranched alkanes of at least 4 members (excludes halogenated alkanes) is 3. The number of benzene rings is 1. The molecule has 0 saturated carbocycles. The lowest BCUT2D eigenvalue weighted by molar-refractivity contribution is 0.640. The standard InChI is InChI=1S/C17H24N2/c1-3-4-5-9-12-18-16-14(2)13-19-17(16)15-10-7-6-8-11-15/h6-8,10-11,18H,3-5,9,12-13H2,1-2H3. The highest BCUT2D eigenvalue weighted by Crippen LogP contribution is 2.18. The van der Waals surface area contributed by atoms with Gasteiger partial charge in [-0.3, -0.25) is 4.99 Å². The van der Waals surface area contributed by atoms with Gasteiger partial charge in [-0.1, -0.05) is 56.5 Å². The van der Waals surface area contributed by atoms with Crippen LogP contribution >= 0.6 is 0 Å². The monoisotopic (exact) mass is 256 g/mol. The first-order valence-corrected chi connectivity index (χ1v) is 7.36. The van der Waals surface area contributed by atoms with Crippen LogP contribution < -0.4 is 5.32 Å². The Labute approximate surface area is 116 Å². The number of hydrogen-bond donors (Lipinski definition) is 1. The fraction of sp³-hybridized carbons (Fsp3) is 0.471. The summed E-state index contributed by atoms with van der Waals surface area (Å²) >= 11 is 0. The third-order valence-corrected chi connectivity index (χ3v) is 3.52. The van der Waals surface area contributed by atoms with Gasteiger partial charge in [0.2, 0.25) is 0 Å². The van der Waals surface area contributed by atoms with Crippen molar-refractivity contribution in [1.29, 1.82) is 0 Å². The molecule has 0 atom stereocenters. The van der Waals surface area contributed by atoms with Gasteiger partial charge in [0.15, 0.2) is 0 Å². The van der Waals surface area contributed by atoms with E-state index in [1.165, 1.54) is 42.5 Å². The molecule has 1 aliphatic rings. The molecular weight excluding hydrogens is 232 g/mol. The molecule has 0 saturated heterocycles. The summed E-state index contributed by atoms with van der Waals surface area (Å²) in [6.45, 7) is 6.31. The minimum atomic E-state index is 0.835. The van der Waals surface area contributed by atoms with E-state index in [9.17, 15) is 0 Å². The van der Waals surface area contributed by atoms with Gasteiger partial charge < -0.3 is 5.32 Å². The highest BCUT2D eigenvalue weighted by Gasteiger charge is 2.17. The van der Waals surface area contributed by atoms with Crippen LogP contribution in [0.4, 0.5) is 0 Å². The van der Waals surface area contributed by atoms with Crippen molar-refractivity contribution in [2.45, 2.75) is 39.5 Å². The molecule has 2 rings (SSSR count). The van der Waals surface area contributed by atoms with E-state index in [2.05, 4.69) is 48.4 Å². The predicted octanol–water partition coefficient (Wildman–Crippen LogP) is 3.93. The van der Waals surface area contributed by atoms with E-state index < -0.39 is 0 Å². The fourth-order valence-corrected chi connectivity index (χ4v) is 2.39. The fourth-order valence-electron chi connectivity index (χ4n) is 2.39. The molecule has 0 unspecified atom stereocenters. The van der Waals surface area contributed by atoms with Gasteiger partial charge in [0.05, 0.1) is 18.0 Å². The minimum Gasteiger partial charge on any atom is -0.383 e. The number of rotatable bonds is 7. The van der Waals surface area contributed by atoms with Crippen molar-refractivity contribution < 1.29 is 0 Å². The Hall–Kier alpha value is -1.57. The lowest BCUT2D eigenvalue weighted by Crippen LogP contribution is -2.21. The Kier molecular flexibility index (Phi) is 5.20. The van der Waals surface area contributed by atoms with Crippen molar-refractivity contribution in [3.8, 4) is 0 Å². The Balaban J connectivity index is 1.95. The summed E-state index contributed by atoms with van der Waals surface area (Å²) in [6, 6.07) is 10.5.